The van der Waals surface area contributed by atoms with Crippen molar-refractivity contribution in [3.05, 3.63) is 36.4 Å². The van der Waals surface area contributed by atoms with Crippen LogP contribution in [-0.4, -0.2) is 14.7 Å². The minimum atomic E-state index is -1.64. The van der Waals surface area contributed by atoms with E-state index in [9.17, 15) is 0 Å². The van der Waals surface area contributed by atoms with E-state index in [1.54, 1.807) is 6.08 Å². The smallest absolute Gasteiger partial charge is 0.119 e. The van der Waals surface area contributed by atoms with Gasteiger partial charge in [-0.25, -0.2) is 0 Å². The van der Waals surface area contributed by atoms with Crippen molar-refractivity contribution in [2.24, 2.45) is 5.73 Å². The van der Waals surface area contributed by atoms with Crippen molar-refractivity contribution >= 4 is 13.3 Å². The molecule has 2 nitrogen and oxygen atoms in total. The van der Waals surface area contributed by atoms with Crippen LogP contribution in [0.15, 0.2) is 30.9 Å². The highest BCUT2D eigenvalue weighted by Crippen LogP contribution is 2.37. The Morgan fingerprint density at radius 2 is 1.95 bits per heavy atom. The molecule has 1 aromatic carbocycles. The SMILES string of the molecule is C=CCOc1ccc(CN)cc1[Si](C)(C)C(C)(C)C. The molecular formula is C16H27NOSi. The van der Waals surface area contributed by atoms with Crippen LogP contribution in [0.5, 0.6) is 5.75 Å². The summed E-state index contributed by atoms with van der Waals surface area (Å²) in [6, 6.07) is 6.34. The molecule has 106 valence electrons. The fourth-order valence-electron chi connectivity index (χ4n) is 1.87. The number of nitrogens with two attached hydrogens (primary N) is 1. The number of ether oxygens (including phenoxy) is 1. The fraction of sp³-hybridized carbons (Fsp3) is 0.500. The maximum atomic E-state index is 5.84. The Hall–Kier alpha value is -1.06. The second-order valence-electron chi connectivity index (χ2n) is 6.51. The molecule has 0 amide bonds. The molecule has 0 heterocycles. The van der Waals surface area contributed by atoms with Gasteiger partial charge in [-0.1, -0.05) is 58.7 Å². The average Bonchev–Trinajstić information content (AvgIpc) is 2.34. The van der Waals surface area contributed by atoms with Crippen LogP contribution >= 0.6 is 0 Å². The van der Waals surface area contributed by atoms with Gasteiger partial charge in [-0.3, -0.25) is 0 Å². The first kappa shape index (κ1) is 16.0. The second-order valence-corrected chi connectivity index (χ2v) is 11.8. The molecule has 0 aromatic heterocycles. The number of benzene rings is 1. The number of rotatable bonds is 5. The van der Waals surface area contributed by atoms with Gasteiger partial charge in [0.15, 0.2) is 0 Å². The number of hydrogen-bond acceptors (Lipinski definition) is 2. The molecule has 1 rings (SSSR count). The Labute approximate surface area is 118 Å². The van der Waals surface area contributed by atoms with E-state index >= 15 is 0 Å². The van der Waals surface area contributed by atoms with Gasteiger partial charge in [-0.05, 0) is 21.9 Å². The summed E-state index contributed by atoms with van der Waals surface area (Å²) < 4.78 is 5.84. The van der Waals surface area contributed by atoms with Crippen molar-refractivity contribution in [2.75, 3.05) is 6.61 Å². The maximum Gasteiger partial charge on any atom is 0.119 e. The van der Waals surface area contributed by atoms with E-state index in [0.717, 1.165) is 5.75 Å². The lowest BCUT2D eigenvalue weighted by Crippen LogP contribution is -2.50. The van der Waals surface area contributed by atoms with Crippen molar-refractivity contribution in [1.29, 1.82) is 0 Å². The topological polar surface area (TPSA) is 35.2 Å². The molecule has 0 aliphatic heterocycles. The summed E-state index contributed by atoms with van der Waals surface area (Å²) in [4.78, 5) is 0. The highest BCUT2D eigenvalue weighted by Gasteiger charge is 2.39. The lowest BCUT2D eigenvalue weighted by molar-refractivity contribution is 0.365. The standard InChI is InChI=1S/C16H27NOSi/c1-7-10-18-14-9-8-13(12-17)11-15(14)19(5,6)16(2,3)4/h7-9,11H,1,10,12,17H2,2-6H3. The molecule has 0 bridgehead atoms. The van der Waals surface area contributed by atoms with Crippen molar-refractivity contribution in [1.82, 2.24) is 0 Å². The Balaban J connectivity index is 3.32. The minimum absolute atomic E-state index is 0.270. The molecule has 0 fully saturated rings. The van der Waals surface area contributed by atoms with E-state index in [-0.39, 0.29) is 5.04 Å². The zero-order valence-corrected chi connectivity index (χ0v) is 13.9. The maximum absolute atomic E-state index is 5.84. The zero-order chi connectivity index (χ0) is 14.7. The molecule has 0 aliphatic rings. The molecule has 0 saturated heterocycles. The Bertz CT molecular complexity index is 447. The van der Waals surface area contributed by atoms with E-state index in [4.69, 9.17) is 10.5 Å². The molecular weight excluding hydrogens is 250 g/mol. The summed E-state index contributed by atoms with van der Waals surface area (Å²) in [5.41, 5.74) is 6.95. The lowest BCUT2D eigenvalue weighted by atomic mass is 10.2. The summed E-state index contributed by atoms with van der Waals surface area (Å²) in [5, 5.41) is 1.62. The highest BCUT2D eigenvalue weighted by atomic mass is 28.3. The number of hydrogen-bond donors (Lipinski definition) is 1. The van der Waals surface area contributed by atoms with Gasteiger partial charge in [-0.15, -0.1) is 0 Å². The van der Waals surface area contributed by atoms with Crippen LogP contribution in [0.1, 0.15) is 26.3 Å². The normalized spacial score (nSPS) is 12.3. The van der Waals surface area contributed by atoms with Gasteiger partial charge in [0.05, 0.1) is 8.07 Å². The monoisotopic (exact) mass is 277 g/mol. The Kier molecular flexibility index (Phi) is 4.99. The van der Waals surface area contributed by atoms with Gasteiger partial charge >= 0.3 is 0 Å². The molecule has 3 heteroatoms. The molecule has 0 atom stereocenters. The summed E-state index contributed by atoms with van der Waals surface area (Å²) in [5.74, 6) is 0.990. The molecule has 0 unspecified atom stereocenters. The van der Waals surface area contributed by atoms with Crippen molar-refractivity contribution in [3.8, 4) is 5.75 Å². The van der Waals surface area contributed by atoms with Crippen molar-refractivity contribution in [2.45, 2.75) is 45.4 Å². The molecule has 0 saturated carbocycles. The van der Waals surface area contributed by atoms with E-state index in [1.807, 2.05) is 0 Å². The third kappa shape index (κ3) is 3.48. The largest absolute Gasteiger partial charge is 0.490 e. The van der Waals surface area contributed by atoms with Gasteiger partial charge in [0, 0.05) is 6.54 Å². The summed E-state index contributed by atoms with van der Waals surface area (Å²) >= 11 is 0. The Morgan fingerprint density at radius 1 is 1.32 bits per heavy atom. The van der Waals surface area contributed by atoms with Crippen LogP contribution in [0, 0.1) is 0 Å². The third-order valence-corrected chi connectivity index (χ3v) is 9.67. The first-order valence-electron chi connectivity index (χ1n) is 6.81. The van der Waals surface area contributed by atoms with Crippen LogP contribution < -0.4 is 15.7 Å². The molecule has 1 aromatic rings. The van der Waals surface area contributed by atoms with Crippen molar-refractivity contribution in [3.63, 3.8) is 0 Å². The summed E-state index contributed by atoms with van der Waals surface area (Å²) in [7, 11) is -1.64. The highest BCUT2D eigenvalue weighted by molar-refractivity contribution is 6.92. The van der Waals surface area contributed by atoms with E-state index < -0.39 is 8.07 Å². The van der Waals surface area contributed by atoms with Crippen LogP contribution in [0.25, 0.3) is 0 Å². The summed E-state index contributed by atoms with van der Waals surface area (Å²) in [6.45, 7) is 16.6. The molecule has 2 N–H and O–H groups in total. The molecule has 19 heavy (non-hydrogen) atoms. The summed E-state index contributed by atoms with van der Waals surface area (Å²) in [6.07, 6.45) is 1.78. The Morgan fingerprint density at radius 3 is 2.42 bits per heavy atom. The van der Waals surface area contributed by atoms with E-state index in [0.29, 0.717) is 13.2 Å². The van der Waals surface area contributed by atoms with Crippen molar-refractivity contribution < 1.29 is 4.74 Å². The third-order valence-electron chi connectivity index (χ3n) is 4.18. The quantitative estimate of drug-likeness (QED) is 0.661. The van der Waals surface area contributed by atoms with Gasteiger partial charge < -0.3 is 10.5 Å². The van der Waals surface area contributed by atoms with Crippen LogP contribution in [0.4, 0.5) is 0 Å². The second kappa shape index (κ2) is 5.93. The fourth-order valence-corrected chi connectivity index (χ4v) is 4.00. The van der Waals surface area contributed by atoms with Crippen LogP contribution in [0.3, 0.4) is 0 Å². The van der Waals surface area contributed by atoms with Crippen LogP contribution in [0.2, 0.25) is 18.1 Å². The zero-order valence-electron chi connectivity index (χ0n) is 12.9. The lowest BCUT2D eigenvalue weighted by Gasteiger charge is -2.38. The van der Waals surface area contributed by atoms with Gasteiger partial charge in [0.2, 0.25) is 0 Å². The predicted octanol–water partition coefficient (Wildman–Crippen LogP) is 3.43. The van der Waals surface area contributed by atoms with Crippen LogP contribution in [-0.2, 0) is 6.54 Å². The average molecular weight is 277 g/mol. The van der Waals surface area contributed by atoms with E-state index in [2.05, 4.69) is 58.6 Å². The van der Waals surface area contributed by atoms with Gasteiger partial charge in [0.1, 0.15) is 12.4 Å². The molecule has 0 aliphatic carbocycles. The molecule has 0 spiro atoms. The first-order chi connectivity index (χ1) is 8.74. The van der Waals surface area contributed by atoms with Gasteiger partial charge in [-0.2, -0.15) is 0 Å². The van der Waals surface area contributed by atoms with Gasteiger partial charge in [0.25, 0.3) is 0 Å². The molecule has 0 radical (unpaired) electrons. The predicted molar refractivity (Wildman–Crippen MR) is 86.9 cm³/mol. The first-order valence-corrected chi connectivity index (χ1v) is 9.81. The minimum Gasteiger partial charge on any atom is -0.490 e. The van der Waals surface area contributed by atoms with E-state index in [1.165, 1.54) is 10.8 Å².